The second kappa shape index (κ2) is 7.42. The van der Waals surface area contributed by atoms with Gasteiger partial charge in [0.2, 0.25) is 5.95 Å². The summed E-state index contributed by atoms with van der Waals surface area (Å²) in [5.41, 5.74) is 12.5. The number of nitrogens with zero attached hydrogens (tertiary/aromatic N) is 4. The van der Waals surface area contributed by atoms with Crippen LogP contribution in [0.4, 0.5) is 11.8 Å². The van der Waals surface area contributed by atoms with Gasteiger partial charge in [0.15, 0.2) is 11.5 Å². The summed E-state index contributed by atoms with van der Waals surface area (Å²) in [6, 6.07) is -0.326. The second-order valence-corrected chi connectivity index (χ2v) is 6.72. The molecule has 3 heterocycles. The lowest BCUT2D eigenvalue weighted by Crippen LogP contribution is -2.40. The Bertz CT molecular complexity index is 791. The van der Waals surface area contributed by atoms with Gasteiger partial charge in [-0.3, -0.25) is 9.36 Å². The van der Waals surface area contributed by atoms with Gasteiger partial charge in [0.05, 0.1) is 12.4 Å². The molecule has 3 unspecified atom stereocenters. The molecule has 1 aliphatic heterocycles. The molecule has 0 saturated carbocycles. The number of hydrogen-bond acceptors (Lipinski definition) is 9. The molecule has 3 rings (SSSR count). The maximum absolute atomic E-state index is 12.1. The normalized spacial score (nSPS) is 21.4. The molecule has 0 bridgehead atoms. The molecule has 0 spiro atoms. The first kappa shape index (κ1) is 18.3. The van der Waals surface area contributed by atoms with E-state index in [0.29, 0.717) is 11.2 Å². The molecule has 5 N–H and O–H groups in total. The van der Waals surface area contributed by atoms with Crippen molar-refractivity contribution in [1.82, 2.24) is 24.8 Å². The van der Waals surface area contributed by atoms with Crippen LogP contribution in [0.15, 0.2) is 6.33 Å². The zero-order valence-electron chi connectivity index (χ0n) is 15.2. The van der Waals surface area contributed by atoms with E-state index in [1.54, 1.807) is 17.9 Å². The third-order valence-corrected chi connectivity index (χ3v) is 4.50. The molecule has 1 saturated heterocycles. The Balaban J connectivity index is 1.63. The van der Waals surface area contributed by atoms with Gasteiger partial charge in [-0.05, 0) is 25.8 Å². The summed E-state index contributed by atoms with van der Waals surface area (Å²) in [6.45, 7) is 4.15. The minimum atomic E-state index is -0.326. The number of carbonyl (C=O) groups excluding carboxylic acids is 1. The Morgan fingerprint density at radius 3 is 2.88 bits per heavy atom. The van der Waals surface area contributed by atoms with Crippen LogP contribution in [0.25, 0.3) is 11.2 Å². The van der Waals surface area contributed by atoms with Crippen LogP contribution in [0.3, 0.4) is 0 Å². The minimum Gasteiger partial charge on any atom is -0.462 e. The molecule has 2 aromatic rings. The zero-order valence-corrected chi connectivity index (χ0v) is 15.2. The third-order valence-electron chi connectivity index (χ3n) is 4.50. The number of nitrogens with one attached hydrogen (secondary N) is 1. The molecule has 0 radical (unpaired) electrons. The van der Waals surface area contributed by atoms with E-state index in [-0.39, 0.29) is 48.6 Å². The molecule has 0 aromatic carbocycles. The van der Waals surface area contributed by atoms with Crippen LogP contribution in [-0.4, -0.2) is 51.3 Å². The monoisotopic (exact) mass is 363 g/mol. The van der Waals surface area contributed by atoms with Gasteiger partial charge in [0.25, 0.3) is 0 Å². The Kier molecular flexibility index (Phi) is 5.23. The number of likely N-dealkylation sites (N-methyl/N-ethyl adjacent to an activating group) is 1. The van der Waals surface area contributed by atoms with Crippen molar-refractivity contribution in [3.8, 4) is 0 Å². The van der Waals surface area contributed by atoms with Gasteiger partial charge in [0.1, 0.15) is 24.4 Å². The fourth-order valence-electron chi connectivity index (χ4n) is 3.17. The summed E-state index contributed by atoms with van der Waals surface area (Å²) >= 11 is 0. The van der Waals surface area contributed by atoms with Crippen LogP contribution in [-0.2, 0) is 14.3 Å². The molecular formula is C16H25N7O3. The van der Waals surface area contributed by atoms with Crippen LogP contribution < -0.4 is 16.8 Å². The zero-order chi connectivity index (χ0) is 18.8. The first-order chi connectivity index (χ1) is 12.4. The number of carbonyl (C=O) groups is 1. The minimum absolute atomic E-state index is 0.0898. The quantitative estimate of drug-likeness (QED) is 0.623. The number of anilines is 2. The molecule has 2 aromatic heterocycles. The standard InChI is InChI=1S/C16H25N7O3/c1-8(2)11(19-3)15(24)25-6-9-4-5-10(26-9)23-7-20-12-13(17)21-16(18)22-14(12)23/h7-11,19H,4-6H2,1-3H3,(H4,17,18,21,22). The van der Waals surface area contributed by atoms with E-state index < -0.39 is 0 Å². The third kappa shape index (κ3) is 3.56. The largest absolute Gasteiger partial charge is 0.462 e. The van der Waals surface area contributed by atoms with E-state index in [1.807, 2.05) is 13.8 Å². The fraction of sp³-hybridized carbons (Fsp3) is 0.625. The van der Waals surface area contributed by atoms with Crippen molar-refractivity contribution >= 4 is 28.9 Å². The molecule has 142 valence electrons. The van der Waals surface area contributed by atoms with Gasteiger partial charge in [-0.15, -0.1) is 0 Å². The number of nitrogen functional groups attached to an aromatic ring is 2. The number of hydrogen-bond donors (Lipinski definition) is 3. The van der Waals surface area contributed by atoms with Crippen LogP contribution in [0.5, 0.6) is 0 Å². The molecular weight excluding hydrogens is 338 g/mol. The fourth-order valence-corrected chi connectivity index (χ4v) is 3.17. The van der Waals surface area contributed by atoms with Crippen molar-refractivity contribution in [2.24, 2.45) is 5.92 Å². The highest BCUT2D eigenvalue weighted by molar-refractivity contribution is 5.82. The number of imidazole rings is 1. The van der Waals surface area contributed by atoms with Crippen LogP contribution in [0, 0.1) is 5.92 Å². The lowest BCUT2D eigenvalue weighted by atomic mass is 10.1. The van der Waals surface area contributed by atoms with Gasteiger partial charge in [0, 0.05) is 0 Å². The average molecular weight is 363 g/mol. The molecule has 1 aliphatic rings. The van der Waals surface area contributed by atoms with Gasteiger partial charge in [-0.25, -0.2) is 4.98 Å². The van der Waals surface area contributed by atoms with E-state index in [2.05, 4.69) is 20.3 Å². The second-order valence-electron chi connectivity index (χ2n) is 6.72. The van der Waals surface area contributed by atoms with Gasteiger partial charge < -0.3 is 26.3 Å². The highest BCUT2D eigenvalue weighted by Crippen LogP contribution is 2.31. The molecule has 26 heavy (non-hydrogen) atoms. The van der Waals surface area contributed by atoms with E-state index in [9.17, 15) is 4.79 Å². The Morgan fingerprint density at radius 1 is 1.42 bits per heavy atom. The molecule has 10 nitrogen and oxygen atoms in total. The van der Waals surface area contributed by atoms with Crippen molar-refractivity contribution < 1.29 is 14.3 Å². The summed E-state index contributed by atoms with van der Waals surface area (Å²) in [6.07, 6.45) is 2.69. The number of esters is 1. The van der Waals surface area contributed by atoms with Crippen LogP contribution in [0.2, 0.25) is 0 Å². The average Bonchev–Trinajstić information content (AvgIpc) is 3.19. The Hall–Kier alpha value is -2.46. The van der Waals surface area contributed by atoms with E-state index in [0.717, 1.165) is 12.8 Å². The van der Waals surface area contributed by atoms with Crippen LogP contribution >= 0.6 is 0 Å². The van der Waals surface area contributed by atoms with Crippen molar-refractivity contribution in [2.75, 3.05) is 25.1 Å². The number of nitrogens with two attached hydrogens (primary N) is 2. The van der Waals surface area contributed by atoms with Gasteiger partial charge in [-0.2, -0.15) is 9.97 Å². The molecule has 10 heteroatoms. The number of ether oxygens (including phenoxy) is 2. The summed E-state index contributed by atoms with van der Waals surface area (Å²) < 4.78 is 13.2. The highest BCUT2D eigenvalue weighted by Gasteiger charge is 2.30. The number of rotatable bonds is 6. The molecule has 3 atom stereocenters. The summed E-state index contributed by atoms with van der Waals surface area (Å²) in [5.74, 6) is 0.210. The van der Waals surface area contributed by atoms with Crippen molar-refractivity contribution in [1.29, 1.82) is 0 Å². The smallest absolute Gasteiger partial charge is 0.323 e. The maximum Gasteiger partial charge on any atom is 0.323 e. The lowest BCUT2D eigenvalue weighted by Gasteiger charge is -2.20. The highest BCUT2D eigenvalue weighted by atomic mass is 16.6. The van der Waals surface area contributed by atoms with Crippen molar-refractivity contribution in [3.05, 3.63) is 6.33 Å². The number of aromatic nitrogens is 4. The summed E-state index contributed by atoms with van der Waals surface area (Å²) in [4.78, 5) is 24.5. The maximum atomic E-state index is 12.1. The first-order valence-corrected chi connectivity index (χ1v) is 8.65. The van der Waals surface area contributed by atoms with Gasteiger partial charge in [-0.1, -0.05) is 13.8 Å². The number of fused-ring (bicyclic) bond motifs is 1. The Morgan fingerprint density at radius 2 is 2.19 bits per heavy atom. The van der Waals surface area contributed by atoms with Crippen molar-refractivity contribution in [3.63, 3.8) is 0 Å². The van der Waals surface area contributed by atoms with Crippen LogP contribution in [0.1, 0.15) is 32.9 Å². The van der Waals surface area contributed by atoms with Gasteiger partial charge >= 0.3 is 5.97 Å². The lowest BCUT2D eigenvalue weighted by molar-refractivity contribution is -0.151. The molecule has 0 amide bonds. The molecule has 1 fully saturated rings. The Labute approximate surface area is 151 Å². The van der Waals surface area contributed by atoms with E-state index in [1.165, 1.54) is 0 Å². The SMILES string of the molecule is CNC(C(=O)OCC1CCC(n2cnc3c(N)nc(N)nc32)O1)C(C)C. The molecule has 0 aliphatic carbocycles. The summed E-state index contributed by atoms with van der Waals surface area (Å²) in [7, 11) is 1.75. The predicted molar refractivity (Wildman–Crippen MR) is 95.9 cm³/mol. The topological polar surface area (TPSA) is 143 Å². The predicted octanol–water partition coefficient (Wildman–Crippen LogP) is 0.456. The van der Waals surface area contributed by atoms with E-state index >= 15 is 0 Å². The summed E-state index contributed by atoms with van der Waals surface area (Å²) in [5, 5.41) is 2.97. The van der Waals surface area contributed by atoms with E-state index in [4.69, 9.17) is 20.9 Å². The van der Waals surface area contributed by atoms with Crippen molar-refractivity contribution in [2.45, 2.75) is 45.1 Å². The first-order valence-electron chi connectivity index (χ1n) is 8.65.